The van der Waals surface area contributed by atoms with E-state index in [1.54, 1.807) is 12.1 Å². The van der Waals surface area contributed by atoms with Crippen LogP contribution in [0.25, 0.3) is 0 Å². The molecule has 0 aliphatic rings. The Balaban J connectivity index is 2.19. The van der Waals surface area contributed by atoms with Crippen LogP contribution in [0.1, 0.15) is 24.4 Å². The number of nitrogens with zero attached hydrogens (tertiary/aromatic N) is 3. The Hall–Kier alpha value is -1.10. The molecule has 1 unspecified atom stereocenters. The zero-order chi connectivity index (χ0) is 13.1. The predicted octanol–water partition coefficient (Wildman–Crippen LogP) is 2.85. The maximum atomic E-state index is 6.15. The number of nitrogens with two attached hydrogens (primary N) is 1. The third kappa shape index (κ3) is 2.83. The fourth-order valence-electron chi connectivity index (χ4n) is 1.82. The van der Waals surface area contributed by atoms with Crippen LogP contribution in [0.5, 0.6) is 0 Å². The summed E-state index contributed by atoms with van der Waals surface area (Å²) in [4.78, 5) is 4.20. The van der Waals surface area contributed by atoms with E-state index in [2.05, 4.69) is 10.1 Å². The van der Waals surface area contributed by atoms with E-state index in [-0.39, 0.29) is 6.04 Å². The highest BCUT2D eigenvalue weighted by atomic mass is 35.5. The summed E-state index contributed by atoms with van der Waals surface area (Å²) < 4.78 is 1.82. The smallest absolute Gasteiger partial charge is 0.138 e. The molecular weight excluding hydrogens is 271 g/mol. The zero-order valence-corrected chi connectivity index (χ0v) is 11.5. The van der Waals surface area contributed by atoms with Crippen LogP contribution in [0, 0.1) is 0 Å². The highest BCUT2D eigenvalue weighted by Gasteiger charge is 2.14. The van der Waals surface area contributed by atoms with Gasteiger partial charge in [0.1, 0.15) is 12.2 Å². The molecule has 0 radical (unpaired) electrons. The standard InChI is InChI=1S/C12H14Cl2N4/c1-2-18-12(16-7-17-18)6-11(15)9-4-3-8(13)5-10(9)14/h3-5,7,11H,2,6,15H2,1H3. The number of rotatable bonds is 4. The summed E-state index contributed by atoms with van der Waals surface area (Å²) >= 11 is 12.0. The van der Waals surface area contributed by atoms with E-state index in [0.29, 0.717) is 16.5 Å². The van der Waals surface area contributed by atoms with Crippen LogP contribution < -0.4 is 5.73 Å². The van der Waals surface area contributed by atoms with Gasteiger partial charge in [0.15, 0.2) is 0 Å². The third-order valence-electron chi connectivity index (χ3n) is 2.76. The van der Waals surface area contributed by atoms with E-state index in [1.807, 2.05) is 17.7 Å². The molecule has 1 atom stereocenters. The Morgan fingerprint density at radius 1 is 1.39 bits per heavy atom. The Labute approximate surface area is 116 Å². The van der Waals surface area contributed by atoms with Crippen molar-refractivity contribution < 1.29 is 0 Å². The van der Waals surface area contributed by atoms with Crippen molar-refractivity contribution in [2.24, 2.45) is 5.73 Å². The fraction of sp³-hybridized carbons (Fsp3) is 0.333. The van der Waals surface area contributed by atoms with E-state index in [0.717, 1.165) is 17.9 Å². The van der Waals surface area contributed by atoms with Crippen molar-refractivity contribution in [3.8, 4) is 0 Å². The largest absolute Gasteiger partial charge is 0.324 e. The summed E-state index contributed by atoms with van der Waals surface area (Å²) in [6.07, 6.45) is 2.13. The fourth-order valence-corrected chi connectivity index (χ4v) is 2.37. The number of hydrogen-bond donors (Lipinski definition) is 1. The van der Waals surface area contributed by atoms with Crippen molar-refractivity contribution >= 4 is 23.2 Å². The first-order chi connectivity index (χ1) is 8.61. The molecule has 0 saturated carbocycles. The summed E-state index contributed by atoms with van der Waals surface area (Å²) in [7, 11) is 0. The molecule has 96 valence electrons. The van der Waals surface area contributed by atoms with Gasteiger partial charge in [-0.15, -0.1) is 0 Å². The molecule has 1 aromatic heterocycles. The molecule has 2 rings (SSSR count). The van der Waals surface area contributed by atoms with Gasteiger partial charge in [0.05, 0.1) is 0 Å². The second-order valence-corrected chi connectivity index (χ2v) is 4.81. The van der Waals surface area contributed by atoms with Crippen molar-refractivity contribution in [2.45, 2.75) is 25.9 Å². The summed E-state index contributed by atoms with van der Waals surface area (Å²) in [6, 6.07) is 5.11. The molecule has 0 bridgehead atoms. The van der Waals surface area contributed by atoms with Crippen LogP contribution >= 0.6 is 23.2 Å². The van der Waals surface area contributed by atoms with Gasteiger partial charge < -0.3 is 5.73 Å². The lowest BCUT2D eigenvalue weighted by Gasteiger charge is -2.13. The minimum atomic E-state index is -0.218. The van der Waals surface area contributed by atoms with Gasteiger partial charge in [-0.3, -0.25) is 4.68 Å². The molecular formula is C12H14Cl2N4. The molecule has 0 aliphatic heterocycles. The minimum absolute atomic E-state index is 0.218. The van der Waals surface area contributed by atoms with Gasteiger partial charge in [-0.1, -0.05) is 29.3 Å². The molecule has 2 N–H and O–H groups in total. The molecule has 4 nitrogen and oxygen atoms in total. The van der Waals surface area contributed by atoms with Crippen molar-refractivity contribution in [1.82, 2.24) is 14.8 Å². The van der Waals surface area contributed by atoms with Gasteiger partial charge in [-0.05, 0) is 24.6 Å². The SMILES string of the molecule is CCn1ncnc1CC(N)c1ccc(Cl)cc1Cl. The first-order valence-electron chi connectivity index (χ1n) is 5.69. The van der Waals surface area contributed by atoms with Crippen molar-refractivity contribution in [3.63, 3.8) is 0 Å². The Morgan fingerprint density at radius 3 is 2.83 bits per heavy atom. The second-order valence-electron chi connectivity index (χ2n) is 3.97. The van der Waals surface area contributed by atoms with Gasteiger partial charge in [-0.25, -0.2) is 4.98 Å². The zero-order valence-electron chi connectivity index (χ0n) is 9.98. The molecule has 1 aromatic carbocycles. The molecule has 0 fully saturated rings. The number of aryl methyl sites for hydroxylation is 1. The number of hydrogen-bond acceptors (Lipinski definition) is 3. The van der Waals surface area contributed by atoms with E-state index in [1.165, 1.54) is 6.33 Å². The van der Waals surface area contributed by atoms with E-state index in [4.69, 9.17) is 28.9 Å². The Morgan fingerprint density at radius 2 is 2.17 bits per heavy atom. The maximum Gasteiger partial charge on any atom is 0.138 e. The molecule has 0 saturated heterocycles. The number of halogens is 2. The molecule has 2 aromatic rings. The molecule has 0 amide bonds. The van der Waals surface area contributed by atoms with Crippen LogP contribution in [0.3, 0.4) is 0 Å². The van der Waals surface area contributed by atoms with Gasteiger partial charge >= 0.3 is 0 Å². The van der Waals surface area contributed by atoms with Gasteiger partial charge in [0.2, 0.25) is 0 Å². The summed E-state index contributed by atoms with van der Waals surface area (Å²) in [5.74, 6) is 0.857. The van der Waals surface area contributed by atoms with Crippen LogP contribution in [0.2, 0.25) is 10.0 Å². The van der Waals surface area contributed by atoms with Crippen LogP contribution in [-0.4, -0.2) is 14.8 Å². The second kappa shape index (κ2) is 5.69. The predicted molar refractivity (Wildman–Crippen MR) is 72.8 cm³/mol. The normalized spacial score (nSPS) is 12.7. The maximum absolute atomic E-state index is 6.15. The van der Waals surface area contributed by atoms with Crippen LogP contribution in [0.4, 0.5) is 0 Å². The van der Waals surface area contributed by atoms with Crippen LogP contribution in [-0.2, 0) is 13.0 Å². The molecule has 18 heavy (non-hydrogen) atoms. The minimum Gasteiger partial charge on any atom is -0.324 e. The summed E-state index contributed by atoms with van der Waals surface area (Å²) in [5.41, 5.74) is 7.02. The summed E-state index contributed by atoms with van der Waals surface area (Å²) in [6.45, 7) is 2.79. The first-order valence-corrected chi connectivity index (χ1v) is 6.44. The van der Waals surface area contributed by atoms with Crippen molar-refractivity contribution in [3.05, 3.63) is 46.0 Å². The average molecular weight is 285 g/mol. The number of aromatic nitrogens is 3. The Kier molecular flexibility index (Phi) is 4.22. The lowest BCUT2D eigenvalue weighted by atomic mass is 10.0. The van der Waals surface area contributed by atoms with Gasteiger partial charge in [0, 0.05) is 29.1 Å². The van der Waals surface area contributed by atoms with E-state index < -0.39 is 0 Å². The number of benzene rings is 1. The third-order valence-corrected chi connectivity index (χ3v) is 3.32. The first kappa shape index (κ1) is 13.3. The lowest BCUT2D eigenvalue weighted by Crippen LogP contribution is -2.17. The van der Waals surface area contributed by atoms with Crippen molar-refractivity contribution in [1.29, 1.82) is 0 Å². The summed E-state index contributed by atoms with van der Waals surface area (Å²) in [5, 5.41) is 5.30. The van der Waals surface area contributed by atoms with Gasteiger partial charge in [-0.2, -0.15) is 5.10 Å². The molecule has 6 heteroatoms. The topological polar surface area (TPSA) is 56.7 Å². The highest BCUT2D eigenvalue weighted by Crippen LogP contribution is 2.26. The average Bonchev–Trinajstić information content (AvgIpc) is 2.76. The lowest BCUT2D eigenvalue weighted by molar-refractivity contribution is 0.581. The molecule has 0 aliphatic carbocycles. The van der Waals surface area contributed by atoms with Gasteiger partial charge in [0.25, 0.3) is 0 Å². The Bertz CT molecular complexity index is 539. The monoisotopic (exact) mass is 284 g/mol. The molecule has 1 heterocycles. The quantitative estimate of drug-likeness (QED) is 0.939. The molecule has 0 spiro atoms. The van der Waals surface area contributed by atoms with Crippen LogP contribution in [0.15, 0.2) is 24.5 Å². The van der Waals surface area contributed by atoms with E-state index in [9.17, 15) is 0 Å². The van der Waals surface area contributed by atoms with Crippen molar-refractivity contribution in [2.75, 3.05) is 0 Å². The highest BCUT2D eigenvalue weighted by molar-refractivity contribution is 6.35. The van der Waals surface area contributed by atoms with E-state index >= 15 is 0 Å².